The van der Waals surface area contributed by atoms with Crippen molar-refractivity contribution in [1.29, 1.82) is 0 Å². The number of nitrogens with zero attached hydrogens (tertiary/aromatic N) is 2. The fraction of sp³-hybridized carbons (Fsp3) is 0.500. The van der Waals surface area contributed by atoms with Gasteiger partial charge in [0.15, 0.2) is 0 Å². The molecule has 51 heavy (non-hydrogen) atoms. The van der Waals surface area contributed by atoms with Crippen LogP contribution >= 0.6 is 15.9 Å². The number of allylic oxidation sites excluding steroid dienone is 1. The largest absolute Gasteiger partial charge is 0.506 e. The maximum Gasteiger partial charge on any atom is 0.306 e. The maximum absolute atomic E-state index is 13.0. The minimum absolute atomic E-state index is 0.00591. The predicted octanol–water partition coefficient (Wildman–Crippen LogP) is 6.15. The smallest absolute Gasteiger partial charge is 0.306 e. The number of nitrogens with one attached hydrogen (secondary N) is 2. The fourth-order valence-electron chi connectivity index (χ4n) is 4.44. The van der Waals surface area contributed by atoms with Crippen molar-refractivity contribution in [3.63, 3.8) is 0 Å². The van der Waals surface area contributed by atoms with E-state index in [0.29, 0.717) is 72.2 Å². The van der Waals surface area contributed by atoms with E-state index in [9.17, 15) is 28.0 Å². The third kappa shape index (κ3) is 16.4. The second-order valence-corrected chi connectivity index (χ2v) is 14.1. The van der Waals surface area contributed by atoms with Gasteiger partial charge in [-0.2, -0.15) is 0 Å². The summed E-state index contributed by atoms with van der Waals surface area (Å²) in [7, 11) is 0. The zero-order valence-electron chi connectivity index (χ0n) is 29.9. The van der Waals surface area contributed by atoms with Crippen molar-refractivity contribution in [1.82, 2.24) is 20.6 Å². The quantitative estimate of drug-likeness (QED) is 0.188. The zero-order valence-corrected chi connectivity index (χ0v) is 31.5. The number of ether oxygens (including phenoxy) is 3. The minimum Gasteiger partial charge on any atom is -0.506 e. The molecule has 0 bridgehead atoms. The van der Waals surface area contributed by atoms with Gasteiger partial charge in [-0.15, -0.1) is 0 Å². The molecule has 0 spiro atoms. The van der Waals surface area contributed by atoms with E-state index in [0.717, 1.165) is 17.5 Å². The van der Waals surface area contributed by atoms with Crippen molar-refractivity contribution >= 4 is 39.7 Å². The summed E-state index contributed by atoms with van der Waals surface area (Å²) in [5.74, 6) is -0.453. The molecule has 4 heterocycles. The van der Waals surface area contributed by atoms with Crippen LogP contribution in [0.15, 0.2) is 48.3 Å². The summed E-state index contributed by atoms with van der Waals surface area (Å²) in [5.41, 5.74) is 2.33. The van der Waals surface area contributed by atoms with Crippen molar-refractivity contribution in [3.05, 3.63) is 70.8 Å². The van der Waals surface area contributed by atoms with Gasteiger partial charge in [-0.3, -0.25) is 19.2 Å². The number of fused-ring (bicyclic) bond motifs is 2. The average Bonchev–Trinajstić information content (AvgIpc) is 3.04. The van der Waals surface area contributed by atoms with E-state index >= 15 is 0 Å². The van der Waals surface area contributed by atoms with E-state index < -0.39 is 11.2 Å². The van der Waals surface area contributed by atoms with Crippen molar-refractivity contribution < 1.29 is 47.3 Å². The summed E-state index contributed by atoms with van der Waals surface area (Å²) in [5, 5.41) is 14.9. The van der Waals surface area contributed by atoms with Gasteiger partial charge in [0.1, 0.15) is 40.7 Å². The Morgan fingerprint density at radius 2 is 1.27 bits per heavy atom. The van der Waals surface area contributed by atoms with E-state index in [1.807, 2.05) is 0 Å². The Morgan fingerprint density at radius 3 is 1.75 bits per heavy atom. The number of aromatic hydroxyl groups is 1. The molecule has 15 heteroatoms. The van der Waals surface area contributed by atoms with Crippen LogP contribution < -0.4 is 15.4 Å². The highest BCUT2D eigenvalue weighted by molar-refractivity contribution is 9.09. The van der Waals surface area contributed by atoms with Gasteiger partial charge in [-0.05, 0) is 102 Å². The van der Waals surface area contributed by atoms with E-state index in [4.69, 9.17) is 19.3 Å². The van der Waals surface area contributed by atoms with Crippen LogP contribution in [-0.2, 0) is 31.9 Å². The number of carbonyl (C=O) groups is 4. The monoisotopic (exact) mass is 780 g/mol. The summed E-state index contributed by atoms with van der Waals surface area (Å²) < 4.78 is 40.9. The van der Waals surface area contributed by atoms with Gasteiger partial charge >= 0.3 is 11.9 Å². The standard InChI is InChI=1S/C18H23FN2O4.C10H16BrFO2.C8H8N2O2/c1-18(2,3)25-15(22)5-4-12(9-19)11-24-14-8-13-6-7-20-17(23)16(13)21-10-14;1-10(2,3)14-9(13)5-4-8(6-11)7-12;11-6-3-5-1-2-9-8(12)7(5)10-4-6/h8-10H,4-7,11H2,1-3H3,(H,20,23);7H,4-6H2,1-3H3;3-4,11H,1-2H2,(H,9,12)/b12-9+;8-7+;. The number of halogens is 3. The summed E-state index contributed by atoms with van der Waals surface area (Å²) in [6.07, 6.45) is 6.03. The fourth-order valence-corrected chi connectivity index (χ4v) is 4.84. The molecule has 0 unspecified atom stereocenters. The molecule has 0 aliphatic carbocycles. The SMILES string of the molecule is CC(C)(C)OC(=O)CC/C(=C\F)CBr.CC(C)(C)OC(=O)CC/C(=C\F)COc1cnc2c(c1)CCNC2=O.O=C1NCCc2cc(O)cnc21. The van der Waals surface area contributed by atoms with E-state index in [1.165, 1.54) is 12.4 Å². The Morgan fingerprint density at radius 1 is 0.804 bits per heavy atom. The molecule has 0 saturated carbocycles. The van der Waals surface area contributed by atoms with Crippen LogP contribution in [0.4, 0.5) is 8.78 Å². The Labute approximate surface area is 305 Å². The van der Waals surface area contributed by atoms with E-state index in [1.54, 1.807) is 53.7 Å². The molecule has 0 aromatic carbocycles. The van der Waals surface area contributed by atoms with Crippen LogP contribution in [0, 0.1) is 0 Å². The number of esters is 2. The Balaban J connectivity index is 0.000000292. The van der Waals surface area contributed by atoms with Crippen molar-refractivity contribution in [2.45, 2.75) is 91.3 Å². The van der Waals surface area contributed by atoms with Gasteiger partial charge in [-0.1, -0.05) is 15.9 Å². The Hall–Kier alpha value is -4.40. The van der Waals surface area contributed by atoms with Gasteiger partial charge in [0.25, 0.3) is 11.8 Å². The van der Waals surface area contributed by atoms with Gasteiger partial charge in [0.2, 0.25) is 0 Å². The van der Waals surface area contributed by atoms with Crippen molar-refractivity contribution in [3.8, 4) is 11.5 Å². The molecule has 0 radical (unpaired) electrons. The number of carbonyl (C=O) groups excluding carboxylic acids is 4. The van der Waals surface area contributed by atoms with Gasteiger partial charge in [0.05, 0.1) is 25.1 Å². The van der Waals surface area contributed by atoms with Crippen LogP contribution in [-0.4, -0.2) is 75.1 Å². The van der Waals surface area contributed by atoms with Crippen molar-refractivity contribution in [2.24, 2.45) is 0 Å². The molecule has 4 rings (SSSR count). The topological polar surface area (TPSA) is 166 Å². The van der Waals surface area contributed by atoms with Gasteiger partial charge in [-0.25, -0.2) is 18.7 Å². The molecule has 12 nitrogen and oxygen atoms in total. The molecule has 0 saturated heterocycles. The first-order valence-electron chi connectivity index (χ1n) is 16.4. The van der Waals surface area contributed by atoms with Crippen molar-refractivity contribution in [2.75, 3.05) is 25.0 Å². The number of aromatic nitrogens is 2. The lowest BCUT2D eigenvalue weighted by Gasteiger charge is -2.19. The summed E-state index contributed by atoms with van der Waals surface area (Å²) in [6, 6.07) is 3.33. The van der Waals surface area contributed by atoms with Crippen LogP contribution in [0.1, 0.15) is 99.3 Å². The molecule has 0 fully saturated rings. The first-order chi connectivity index (χ1) is 23.9. The molecular formula is C36H47BrF2N4O8. The maximum atomic E-state index is 13.0. The highest BCUT2D eigenvalue weighted by Crippen LogP contribution is 2.20. The van der Waals surface area contributed by atoms with Crippen LogP contribution in [0.5, 0.6) is 11.5 Å². The first kappa shape index (κ1) is 42.8. The minimum atomic E-state index is -0.561. The number of alkyl halides is 1. The second kappa shape index (κ2) is 20.4. The normalized spacial score (nSPS) is 14.2. The number of rotatable bonds is 10. The molecule has 2 amide bonds. The molecular weight excluding hydrogens is 734 g/mol. The number of pyridine rings is 2. The lowest BCUT2D eigenvalue weighted by atomic mass is 10.1. The number of hydrogen-bond donors (Lipinski definition) is 3. The molecule has 280 valence electrons. The van der Waals surface area contributed by atoms with Crippen LogP contribution in [0.3, 0.4) is 0 Å². The molecule has 2 aliphatic heterocycles. The summed E-state index contributed by atoms with van der Waals surface area (Å²) >= 11 is 3.13. The third-order valence-corrected chi connectivity index (χ3v) is 7.45. The lowest BCUT2D eigenvalue weighted by Crippen LogP contribution is -2.32. The number of amides is 2. The van der Waals surface area contributed by atoms with Gasteiger partial charge < -0.3 is 30.0 Å². The van der Waals surface area contributed by atoms with Crippen LogP contribution in [0.25, 0.3) is 0 Å². The average molecular weight is 782 g/mol. The summed E-state index contributed by atoms with van der Waals surface area (Å²) in [4.78, 5) is 53.6. The lowest BCUT2D eigenvalue weighted by molar-refractivity contribution is -0.155. The first-order valence-corrected chi connectivity index (χ1v) is 17.5. The third-order valence-electron chi connectivity index (χ3n) is 6.73. The van der Waals surface area contributed by atoms with Gasteiger partial charge in [0, 0.05) is 31.3 Å². The zero-order chi connectivity index (χ0) is 38.2. The molecule has 3 N–H and O–H groups in total. The van der Waals surface area contributed by atoms with E-state index in [-0.39, 0.29) is 55.4 Å². The predicted molar refractivity (Wildman–Crippen MR) is 190 cm³/mol. The second-order valence-electron chi connectivity index (χ2n) is 13.5. The molecule has 2 aliphatic rings. The van der Waals surface area contributed by atoms with Crippen LogP contribution in [0.2, 0.25) is 0 Å². The molecule has 2 aromatic heterocycles. The highest BCUT2D eigenvalue weighted by Gasteiger charge is 2.20. The summed E-state index contributed by atoms with van der Waals surface area (Å²) in [6.45, 7) is 11.9. The number of hydrogen-bond acceptors (Lipinski definition) is 10. The Bertz CT molecular complexity index is 1590. The highest BCUT2D eigenvalue weighted by atomic mass is 79.9. The molecule has 2 aromatic rings. The molecule has 0 atom stereocenters. The Kier molecular flexibility index (Phi) is 17.1. The van der Waals surface area contributed by atoms with E-state index in [2.05, 4.69) is 36.5 Å².